The van der Waals surface area contributed by atoms with Crippen LogP contribution < -0.4 is 5.32 Å². The molecule has 3 rings (SSSR count). The van der Waals surface area contributed by atoms with E-state index < -0.39 is 44.4 Å². The number of methoxy groups -OCH3 is 2. The van der Waals surface area contributed by atoms with Gasteiger partial charge in [-0.15, -0.1) is 0 Å². The molecule has 1 heterocycles. The van der Waals surface area contributed by atoms with Gasteiger partial charge >= 0.3 is 11.9 Å². The summed E-state index contributed by atoms with van der Waals surface area (Å²) in [6.45, 7) is 0. The first kappa shape index (κ1) is 20.0. The first-order valence-electron chi connectivity index (χ1n) is 8.66. The maximum atomic E-state index is 13.7. The summed E-state index contributed by atoms with van der Waals surface area (Å²) in [4.78, 5) is 24.9. The van der Waals surface area contributed by atoms with E-state index in [0.717, 1.165) is 0 Å². The van der Waals surface area contributed by atoms with Gasteiger partial charge in [0.05, 0.1) is 14.2 Å². The van der Waals surface area contributed by atoms with Crippen LogP contribution in [0.4, 0.5) is 0 Å². The highest BCUT2D eigenvalue weighted by atomic mass is 32.2. The first-order chi connectivity index (χ1) is 13.4. The lowest BCUT2D eigenvalue weighted by Crippen LogP contribution is -2.60. The number of carbonyl (C=O) groups excluding carboxylic acids is 2. The summed E-state index contributed by atoms with van der Waals surface area (Å²) < 4.78 is 37.1. The molecule has 2 aromatic carbocycles. The van der Waals surface area contributed by atoms with Crippen LogP contribution in [0.3, 0.4) is 0 Å². The van der Waals surface area contributed by atoms with Crippen LogP contribution in [-0.2, 0) is 28.9 Å². The zero-order valence-corrected chi connectivity index (χ0v) is 16.3. The standard InChI is InChI=1S/C20H21NO6S/c1-26-19(22)15-17(13-9-5-3-6-10-13)28(24,25)18(14-11-7-4-8-12-14)16(21-15)20(23)27-2/h3-12,15-18,21H,1-2H3. The Morgan fingerprint density at radius 3 is 1.43 bits per heavy atom. The summed E-state index contributed by atoms with van der Waals surface area (Å²) in [5, 5.41) is 0.448. The number of rotatable bonds is 4. The van der Waals surface area contributed by atoms with Gasteiger partial charge in [0.1, 0.15) is 22.6 Å². The fourth-order valence-electron chi connectivity index (χ4n) is 3.59. The smallest absolute Gasteiger partial charge is 0.324 e. The topological polar surface area (TPSA) is 98.8 Å². The molecular weight excluding hydrogens is 382 g/mol. The largest absolute Gasteiger partial charge is 0.468 e. The van der Waals surface area contributed by atoms with Crippen LogP contribution in [0.2, 0.25) is 0 Å². The van der Waals surface area contributed by atoms with E-state index in [1.807, 2.05) is 0 Å². The molecule has 1 fully saturated rings. The van der Waals surface area contributed by atoms with E-state index >= 15 is 0 Å². The molecule has 0 spiro atoms. The molecule has 4 unspecified atom stereocenters. The van der Waals surface area contributed by atoms with Crippen molar-refractivity contribution in [2.24, 2.45) is 0 Å². The summed E-state index contributed by atoms with van der Waals surface area (Å²) in [7, 11) is -1.69. The van der Waals surface area contributed by atoms with Crippen molar-refractivity contribution in [1.82, 2.24) is 5.32 Å². The van der Waals surface area contributed by atoms with Crippen LogP contribution in [0.5, 0.6) is 0 Å². The minimum Gasteiger partial charge on any atom is -0.468 e. The van der Waals surface area contributed by atoms with Gasteiger partial charge in [0, 0.05) is 0 Å². The van der Waals surface area contributed by atoms with E-state index in [9.17, 15) is 18.0 Å². The molecule has 0 radical (unpaired) electrons. The Kier molecular flexibility index (Phi) is 5.81. The molecule has 7 nitrogen and oxygen atoms in total. The second-order valence-corrected chi connectivity index (χ2v) is 8.61. The lowest BCUT2D eigenvalue weighted by atomic mass is 9.99. The Bertz CT molecular complexity index is 874. The molecule has 1 saturated heterocycles. The Morgan fingerprint density at radius 1 is 0.750 bits per heavy atom. The summed E-state index contributed by atoms with van der Waals surface area (Å²) >= 11 is 0. The van der Waals surface area contributed by atoms with Crippen LogP contribution in [0.15, 0.2) is 60.7 Å². The molecule has 0 saturated carbocycles. The summed E-state index contributed by atoms with van der Waals surface area (Å²) in [5.74, 6) is -1.53. The second-order valence-electron chi connectivity index (χ2n) is 6.42. The Hall–Kier alpha value is -2.71. The van der Waals surface area contributed by atoms with Gasteiger partial charge in [0.15, 0.2) is 9.84 Å². The minimum atomic E-state index is -4.04. The van der Waals surface area contributed by atoms with Crippen LogP contribution in [0.25, 0.3) is 0 Å². The summed E-state index contributed by atoms with van der Waals surface area (Å²) in [5.41, 5.74) is 0.879. The Labute approximate surface area is 163 Å². The lowest BCUT2D eigenvalue weighted by molar-refractivity contribution is -0.147. The second kappa shape index (κ2) is 8.12. The number of ether oxygens (including phenoxy) is 2. The van der Waals surface area contributed by atoms with Gasteiger partial charge in [-0.3, -0.25) is 14.9 Å². The average molecular weight is 403 g/mol. The van der Waals surface area contributed by atoms with Crippen molar-refractivity contribution in [3.63, 3.8) is 0 Å². The number of esters is 2. The normalized spacial score (nSPS) is 26.2. The first-order valence-corrected chi connectivity index (χ1v) is 10.3. The van der Waals surface area contributed by atoms with Gasteiger partial charge in [-0.2, -0.15) is 0 Å². The Balaban J connectivity index is 2.21. The fraction of sp³-hybridized carbons (Fsp3) is 0.300. The monoisotopic (exact) mass is 403 g/mol. The van der Waals surface area contributed by atoms with Gasteiger partial charge in [-0.1, -0.05) is 60.7 Å². The number of hydrogen-bond acceptors (Lipinski definition) is 7. The van der Waals surface area contributed by atoms with Crippen LogP contribution in [0, 0.1) is 0 Å². The molecule has 8 heteroatoms. The van der Waals surface area contributed by atoms with Gasteiger partial charge in [0.25, 0.3) is 0 Å². The van der Waals surface area contributed by atoms with Crippen molar-refractivity contribution in [3.05, 3.63) is 71.8 Å². The van der Waals surface area contributed by atoms with Crippen molar-refractivity contribution in [3.8, 4) is 0 Å². The van der Waals surface area contributed by atoms with Gasteiger partial charge in [-0.25, -0.2) is 8.42 Å². The van der Waals surface area contributed by atoms with E-state index in [1.54, 1.807) is 60.7 Å². The van der Waals surface area contributed by atoms with E-state index in [4.69, 9.17) is 9.47 Å². The third-order valence-corrected chi connectivity index (χ3v) is 7.34. The third kappa shape index (κ3) is 3.53. The highest BCUT2D eigenvalue weighted by Crippen LogP contribution is 2.43. The maximum absolute atomic E-state index is 13.7. The van der Waals surface area contributed by atoms with Gasteiger partial charge in [0.2, 0.25) is 0 Å². The zero-order chi connectivity index (χ0) is 20.3. The molecule has 1 aliphatic rings. The maximum Gasteiger partial charge on any atom is 0.324 e. The van der Waals surface area contributed by atoms with Crippen molar-refractivity contribution in [2.75, 3.05) is 14.2 Å². The molecule has 0 amide bonds. The molecule has 0 aromatic heterocycles. The molecule has 1 N–H and O–H groups in total. The number of hydrogen-bond donors (Lipinski definition) is 1. The molecule has 2 aromatic rings. The highest BCUT2D eigenvalue weighted by Gasteiger charge is 2.55. The molecule has 28 heavy (non-hydrogen) atoms. The highest BCUT2D eigenvalue weighted by molar-refractivity contribution is 7.92. The number of sulfone groups is 1. The van der Waals surface area contributed by atoms with Crippen LogP contribution in [0.1, 0.15) is 21.6 Å². The Morgan fingerprint density at radius 2 is 1.11 bits per heavy atom. The summed E-state index contributed by atoms with van der Waals surface area (Å²) in [6.07, 6.45) is 0. The third-order valence-electron chi connectivity index (χ3n) is 4.84. The fourth-order valence-corrected chi connectivity index (χ4v) is 6.12. The quantitative estimate of drug-likeness (QED) is 0.774. The molecule has 0 aliphatic carbocycles. The van der Waals surface area contributed by atoms with Crippen molar-refractivity contribution >= 4 is 21.8 Å². The molecule has 0 bridgehead atoms. The van der Waals surface area contributed by atoms with Crippen molar-refractivity contribution in [2.45, 2.75) is 22.6 Å². The predicted octanol–water partition coefficient (Wildman–Crippen LogP) is 1.57. The zero-order valence-electron chi connectivity index (χ0n) is 15.4. The molecule has 148 valence electrons. The number of nitrogens with one attached hydrogen (secondary N) is 1. The van der Waals surface area contributed by atoms with Crippen molar-refractivity contribution in [1.29, 1.82) is 0 Å². The van der Waals surface area contributed by atoms with Crippen molar-refractivity contribution < 1.29 is 27.5 Å². The molecular formula is C20H21NO6S. The molecule has 4 atom stereocenters. The molecule has 1 aliphatic heterocycles. The van der Waals surface area contributed by atoms with E-state index in [1.165, 1.54) is 14.2 Å². The summed E-state index contributed by atoms with van der Waals surface area (Å²) in [6, 6.07) is 14.4. The van der Waals surface area contributed by atoms with Gasteiger partial charge < -0.3 is 9.47 Å². The van der Waals surface area contributed by atoms with Gasteiger partial charge in [-0.05, 0) is 11.1 Å². The van der Waals surface area contributed by atoms with E-state index in [0.29, 0.717) is 11.1 Å². The van der Waals surface area contributed by atoms with Crippen LogP contribution in [-0.4, -0.2) is 46.7 Å². The van der Waals surface area contributed by atoms with E-state index in [-0.39, 0.29) is 0 Å². The lowest BCUT2D eigenvalue weighted by Gasteiger charge is -2.40. The predicted molar refractivity (Wildman–Crippen MR) is 102 cm³/mol. The average Bonchev–Trinajstić information content (AvgIpc) is 2.72. The number of carbonyl (C=O) groups is 2. The SMILES string of the molecule is COC(=O)C1NC(C(=O)OC)C(c2ccccc2)S(=O)(=O)C1c1ccccc1. The minimum absolute atomic E-state index is 0.439. The number of benzene rings is 2. The van der Waals surface area contributed by atoms with Crippen LogP contribution >= 0.6 is 0 Å². The van der Waals surface area contributed by atoms with E-state index in [2.05, 4.69) is 5.32 Å².